The van der Waals surface area contributed by atoms with Crippen molar-refractivity contribution in [2.45, 2.75) is 50.3 Å². The molecule has 2 fully saturated rings. The Morgan fingerprint density at radius 1 is 1.38 bits per heavy atom. The van der Waals surface area contributed by atoms with Gasteiger partial charge >= 0.3 is 0 Å². The van der Waals surface area contributed by atoms with E-state index in [1.807, 2.05) is 7.05 Å². The van der Waals surface area contributed by atoms with Gasteiger partial charge in [0.25, 0.3) is 0 Å². The summed E-state index contributed by atoms with van der Waals surface area (Å²) in [5.41, 5.74) is 0. The zero-order valence-corrected chi connectivity index (χ0v) is 15.0. The fraction of sp³-hybridized carbons (Fsp3) is 0.938. The fourth-order valence-corrected chi connectivity index (χ4v) is 4.51. The minimum absolute atomic E-state index is 0.330. The van der Waals surface area contributed by atoms with Crippen molar-refractivity contribution in [1.29, 1.82) is 0 Å². The van der Waals surface area contributed by atoms with E-state index in [0.29, 0.717) is 4.75 Å². The summed E-state index contributed by atoms with van der Waals surface area (Å²) >= 11 is 2.06. The number of nitrogens with one attached hydrogen (secondary N) is 1. The van der Waals surface area contributed by atoms with Crippen LogP contribution in [0.1, 0.15) is 39.5 Å². The van der Waals surface area contributed by atoms with Crippen LogP contribution in [0.2, 0.25) is 0 Å². The van der Waals surface area contributed by atoms with Crippen LogP contribution in [0.3, 0.4) is 0 Å². The number of hydrogen-bond acceptors (Lipinski definition) is 3. The van der Waals surface area contributed by atoms with Gasteiger partial charge in [-0.15, -0.1) is 0 Å². The molecule has 0 aromatic carbocycles. The highest BCUT2D eigenvalue weighted by atomic mass is 32.2. The lowest BCUT2D eigenvalue weighted by Gasteiger charge is -2.39. The molecule has 1 N–H and O–H groups in total. The molecule has 0 spiro atoms. The minimum atomic E-state index is 0.330. The van der Waals surface area contributed by atoms with Crippen LogP contribution >= 0.6 is 11.8 Å². The third-order valence-corrected chi connectivity index (χ3v) is 5.93. The molecule has 4 nitrogen and oxygen atoms in total. The average molecular weight is 313 g/mol. The van der Waals surface area contributed by atoms with Crippen molar-refractivity contribution in [2.24, 2.45) is 4.99 Å². The van der Waals surface area contributed by atoms with E-state index < -0.39 is 0 Å². The van der Waals surface area contributed by atoms with Crippen molar-refractivity contribution in [3.05, 3.63) is 0 Å². The van der Waals surface area contributed by atoms with Crippen LogP contribution in [-0.2, 0) is 0 Å². The van der Waals surface area contributed by atoms with Gasteiger partial charge in [-0.3, -0.25) is 4.99 Å². The predicted molar refractivity (Wildman–Crippen MR) is 94.4 cm³/mol. The Morgan fingerprint density at radius 2 is 2.10 bits per heavy atom. The summed E-state index contributed by atoms with van der Waals surface area (Å²) in [7, 11) is 4.17. The SMILES string of the molecule is CN=C(NCCN(C)C1CCCC1)N1CCSC(C)(C)C1. The Kier molecular flexibility index (Phi) is 6.23. The molecule has 0 aromatic heterocycles. The number of aliphatic imine (C=N–C) groups is 1. The number of likely N-dealkylation sites (N-methyl/N-ethyl adjacent to an activating group) is 1. The predicted octanol–water partition coefficient (Wildman–Crippen LogP) is 2.26. The van der Waals surface area contributed by atoms with Gasteiger partial charge < -0.3 is 15.1 Å². The Morgan fingerprint density at radius 3 is 2.71 bits per heavy atom. The second kappa shape index (κ2) is 7.73. The number of thioether (sulfide) groups is 1. The maximum atomic E-state index is 4.48. The number of rotatable bonds is 4. The molecular formula is C16H32N4S. The van der Waals surface area contributed by atoms with Gasteiger partial charge in [-0.05, 0) is 33.7 Å². The number of hydrogen-bond donors (Lipinski definition) is 1. The van der Waals surface area contributed by atoms with Crippen LogP contribution in [0.5, 0.6) is 0 Å². The van der Waals surface area contributed by atoms with Crippen molar-refractivity contribution in [2.75, 3.05) is 46.0 Å². The molecule has 0 radical (unpaired) electrons. The first-order valence-corrected chi connectivity index (χ1v) is 9.30. The molecule has 1 saturated carbocycles. The third-order valence-electron chi connectivity index (χ3n) is 4.63. The van der Waals surface area contributed by atoms with Crippen molar-refractivity contribution in [3.8, 4) is 0 Å². The molecule has 1 aliphatic heterocycles. The van der Waals surface area contributed by atoms with Crippen molar-refractivity contribution < 1.29 is 0 Å². The van der Waals surface area contributed by atoms with Crippen LogP contribution in [-0.4, -0.2) is 72.6 Å². The first-order valence-electron chi connectivity index (χ1n) is 8.31. The van der Waals surface area contributed by atoms with Gasteiger partial charge in [0.1, 0.15) is 0 Å². The lowest BCUT2D eigenvalue weighted by atomic mass is 10.2. The van der Waals surface area contributed by atoms with Gasteiger partial charge in [0.15, 0.2) is 5.96 Å². The molecule has 122 valence electrons. The summed E-state index contributed by atoms with van der Waals surface area (Å²) in [6, 6.07) is 0.805. The Bertz CT molecular complexity index is 350. The molecule has 0 atom stereocenters. The van der Waals surface area contributed by atoms with Gasteiger partial charge in [-0.2, -0.15) is 11.8 Å². The zero-order chi connectivity index (χ0) is 15.3. The Labute approximate surface area is 134 Å². The summed E-state index contributed by atoms with van der Waals surface area (Å²) in [5, 5.41) is 3.56. The van der Waals surface area contributed by atoms with Gasteiger partial charge in [-0.25, -0.2) is 0 Å². The maximum Gasteiger partial charge on any atom is 0.193 e. The molecule has 2 rings (SSSR count). The highest BCUT2D eigenvalue weighted by molar-refractivity contribution is 8.00. The van der Waals surface area contributed by atoms with Crippen molar-refractivity contribution >= 4 is 17.7 Å². The van der Waals surface area contributed by atoms with E-state index in [0.717, 1.165) is 38.2 Å². The fourth-order valence-electron chi connectivity index (χ4n) is 3.40. The topological polar surface area (TPSA) is 30.9 Å². The first-order chi connectivity index (χ1) is 10.0. The van der Waals surface area contributed by atoms with E-state index in [1.54, 1.807) is 0 Å². The first kappa shape index (κ1) is 16.9. The molecule has 5 heteroatoms. The second-order valence-corrected chi connectivity index (χ2v) is 8.72. The molecule has 0 aromatic rings. The quantitative estimate of drug-likeness (QED) is 0.637. The Balaban J connectivity index is 1.75. The van der Waals surface area contributed by atoms with Crippen molar-refractivity contribution in [1.82, 2.24) is 15.1 Å². The molecule has 0 unspecified atom stereocenters. The monoisotopic (exact) mass is 312 g/mol. The number of guanidine groups is 1. The zero-order valence-electron chi connectivity index (χ0n) is 14.2. The smallest absolute Gasteiger partial charge is 0.193 e. The van der Waals surface area contributed by atoms with Crippen LogP contribution in [0.25, 0.3) is 0 Å². The van der Waals surface area contributed by atoms with E-state index in [4.69, 9.17) is 0 Å². The van der Waals surface area contributed by atoms with Crippen molar-refractivity contribution in [3.63, 3.8) is 0 Å². The van der Waals surface area contributed by atoms with Gasteiger partial charge in [0, 0.05) is 49.8 Å². The minimum Gasteiger partial charge on any atom is -0.355 e. The molecule has 0 bridgehead atoms. The molecule has 0 amide bonds. The highest BCUT2D eigenvalue weighted by Crippen LogP contribution is 2.29. The normalized spacial score (nSPS) is 23.9. The van der Waals surface area contributed by atoms with E-state index in [1.165, 1.54) is 31.4 Å². The average Bonchev–Trinajstić information content (AvgIpc) is 2.96. The maximum absolute atomic E-state index is 4.48. The summed E-state index contributed by atoms with van der Waals surface area (Å²) in [6.07, 6.45) is 5.57. The molecule has 21 heavy (non-hydrogen) atoms. The molecule has 2 aliphatic rings. The van der Waals surface area contributed by atoms with E-state index in [9.17, 15) is 0 Å². The van der Waals surface area contributed by atoms with Crippen LogP contribution < -0.4 is 5.32 Å². The molecule has 1 saturated heterocycles. The van der Waals surface area contributed by atoms with Gasteiger partial charge in [0.05, 0.1) is 0 Å². The molecular weight excluding hydrogens is 280 g/mol. The highest BCUT2D eigenvalue weighted by Gasteiger charge is 2.28. The van der Waals surface area contributed by atoms with Crippen LogP contribution in [0, 0.1) is 0 Å². The van der Waals surface area contributed by atoms with Gasteiger partial charge in [0.2, 0.25) is 0 Å². The summed E-state index contributed by atoms with van der Waals surface area (Å²) in [5.74, 6) is 2.26. The summed E-state index contributed by atoms with van der Waals surface area (Å²) in [4.78, 5) is 9.40. The summed E-state index contributed by atoms with van der Waals surface area (Å²) < 4.78 is 0.330. The second-order valence-electron chi connectivity index (χ2n) is 6.92. The largest absolute Gasteiger partial charge is 0.355 e. The van der Waals surface area contributed by atoms with Gasteiger partial charge in [-0.1, -0.05) is 12.8 Å². The Hall–Kier alpha value is -0.420. The van der Waals surface area contributed by atoms with Crippen LogP contribution in [0.4, 0.5) is 0 Å². The number of nitrogens with zero attached hydrogens (tertiary/aromatic N) is 3. The lowest BCUT2D eigenvalue weighted by Crippen LogP contribution is -2.52. The molecule has 1 heterocycles. The van der Waals surface area contributed by atoms with E-state index >= 15 is 0 Å². The lowest BCUT2D eigenvalue weighted by molar-refractivity contribution is 0.248. The summed E-state index contributed by atoms with van der Waals surface area (Å²) in [6.45, 7) is 8.93. The standard InChI is InChI=1S/C16H32N4S/c1-16(2)13-20(11-12-21-16)15(17-3)18-9-10-19(4)14-7-5-6-8-14/h14H,5-13H2,1-4H3,(H,17,18). The molecule has 1 aliphatic carbocycles. The van der Waals surface area contributed by atoms with Crippen LogP contribution in [0.15, 0.2) is 4.99 Å². The van der Waals surface area contributed by atoms with E-state index in [-0.39, 0.29) is 0 Å². The van der Waals surface area contributed by atoms with E-state index in [2.05, 4.69) is 52.8 Å². The third kappa shape index (κ3) is 5.06.